The maximum absolute atomic E-state index is 2.37. The summed E-state index contributed by atoms with van der Waals surface area (Å²) in [5.41, 5.74) is 2.70. The van der Waals surface area contributed by atoms with Crippen molar-refractivity contribution in [3.8, 4) is 0 Å². The van der Waals surface area contributed by atoms with Crippen molar-refractivity contribution in [2.24, 2.45) is 0 Å². The minimum atomic E-state index is 1.11. The first-order valence-corrected chi connectivity index (χ1v) is 4.91. The van der Waals surface area contributed by atoms with Gasteiger partial charge in [0.2, 0.25) is 0 Å². The highest BCUT2D eigenvalue weighted by molar-refractivity contribution is 6.17. The molecule has 0 fully saturated rings. The van der Waals surface area contributed by atoms with Gasteiger partial charge in [0, 0.05) is 12.2 Å². The first-order valence-electron chi connectivity index (χ1n) is 4.02. The summed E-state index contributed by atoms with van der Waals surface area (Å²) >= 11 is 0. The van der Waals surface area contributed by atoms with Gasteiger partial charge in [0.25, 0.3) is 0 Å². The molecule has 0 aliphatic carbocycles. The molecule has 1 aromatic carbocycles. The number of hydrogen-bond donors (Lipinski definition) is 0. The zero-order valence-corrected chi connectivity index (χ0v) is 9.46. The first-order chi connectivity index (χ1) is 5.24. The zero-order chi connectivity index (χ0) is 8.27. The van der Waals surface area contributed by atoms with E-state index in [1.165, 1.54) is 11.3 Å². The molecule has 0 heterocycles. The molecule has 0 radical (unpaired) electrons. The third-order valence-corrected chi connectivity index (χ3v) is 3.07. The highest BCUT2D eigenvalue weighted by Gasteiger charge is 1.95. The highest BCUT2D eigenvalue weighted by Crippen LogP contribution is 2.12. The predicted molar refractivity (Wildman–Crippen MR) is 54.1 cm³/mol. The van der Waals surface area contributed by atoms with E-state index < -0.39 is 0 Å². The number of anilines is 1. The molecule has 0 unspecified atom stereocenters. The number of benzene rings is 1. The molecule has 0 amide bonds. The van der Waals surface area contributed by atoms with Crippen LogP contribution >= 0.6 is 0 Å². The lowest BCUT2D eigenvalue weighted by Gasteiger charge is -2.17. The molecule has 1 rings (SSSR count). The maximum atomic E-state index is 2.37. The number of nitrogens with zero attached hydrogens (tertiary/aromatic N) is 1. The molecule has 0 spiro atoms. The van der Waals surface area contributed by atoms with Crippen molar-refractivity contribution in [3.63, 3.8) is 0 Å². The highest BCUT2D eigenvalue weighted by atomic mass is 28.2. The molecular weight excluding hydrogens is 150 g/mol. The van der Waals surface area contributed by atoms with Crippen molar-refractivity contribution in [1.29, 1.82) is 0 Å². The van der Waals surface area contributed by atoms with E-state index >= 15 is 0 Å². The molecule has 0 aromatic heterocycles. The second-order valence-electron chi connectivity index (χ2n) is 2.85. The summed E-state index contributed by atoms with van der Waals surface area (Å²) in [5, 5.41) is 0. The van der Waals surface area contributed by atoms with Crippen LogP contribution in [-0.2, 0) is 0 Å². The lowest BCUT2D eigenvalue weighted by Crippen LogP contribution is -2.17. The Hall–Kier alpha value is -0.763. The normalized spacial score (nSPS) is 10.0. The Labute approximate surface area is 71.5 Å². The van der Waals surface area contributed by atoms with Gasteiger partial charge in [0.05, 0.1) is 0 Å². The van der Waals surface area contributed by atoms with E-state index in [4.69, 9.17) is 0 Å². The molecular formula is C9H15NSi. The smallest absolute Gasteiger partial charge is 0.107 e. The topological polar surface area (TPSA) is 3.24 Å². The summed E-state index contributed by atoms with van der Waals surface area (Å²) in [7, 11) is 1.11. The average molecular weight is 165 g/mol. The molecule has 11 heavy (non-hydrogen) atoms. The Bertz CT molecular complexity index is 235. The second kappa shape index (κ2) is 3.58. The number of aryl methyl sites for hydroxylation is 1. The monoisotopic (exact) mass is 165 g/mol. The van der Waals surface area contributed by atoms with Crippen LogP contribution in [0.25, 0.3) is 0 Å². The van der Waals surface area contributed by atoms with Crippen molar-refractivity contribution in [2.45, 2.75) is 13.8 Å². The van der Waals surface area contributed by atoms with E-state index in [1.807, 2.05) is 0 Å². The van der Waals surface area contributed by atoms with Crippen LogP contribution in [-0.4, -0.2) is 16.9 Å². The van der Waals surface area contributed by atoms with Crippen LogP contribution in [0.5, 0.6) is 0 Å². The molecule has 2 heteroatoms. The first kappa shape index (κ1) is 8.33. The Balaban J connectivity index is 2.86. The van der Waals surface area contributed by atoms with Crippen molar-refractivity contribution < 1.29 is 0 Å². The van der Waals surface area contributed by atoms with Gasteiger partial charge in [-0.1, -0.05) is 12.1 Å². The Kier molecular flexibility index (Phi) is 2.71. The predicted octanol–water partition coefficient (Wildman–Crippen LogP) is 1.10. The molecule has 0 atom stereocenters. The fraction of sp³-hybridized carbons (Fsp3) is 0.333. The van der Waals surface area contributed by atoms with Crippen LogP contribution in [0.1, 0.15) is 12.5 Å². The van der Waals surface area contributed by atoms with Gasteiger partial charge >= 0.3 is 0 Å². The molecule has 1 aromatic rings. The van der Waals surface area contributed by atoms with Gasteiger partial charge in [0.1, 0.15) is 10.4 Å². The fourth-order valence-electron chi connectivity index (χ4n) is 1.05. The molecule has 60 valence electrons. The minimum absolute atomic E-state index is 1.11. The van der Waals surface area contributed by atoms with Gasteiger partial charge in [-0.15, -0.1) is 0 Å². The molecule has 0 aliphatic heterocycles. The molecule has 0 aliphatic rings. The number of rotatable bonds is 2. The van der Waals surface area contributed by atoms with Gasteiger partial charge in [-0.05, 0) is 31.5 Å². The quantitative estimate of drug-likeness (QED) is 0.593. The van der Waals surface area contributed by atoms with Gasteiger partial charge in [0.15, 0.2) is 0 Å². The minimum Gasteiger partial charge on any atom is -0.406 e. The van der Waals surface area contributed by atoms with E-state index in [1.54, 1.807) is 0 Å². The lowest BCUT2D eigenvalue weighted by atomic mass is 10.2. The van der Waals surface area contributed by atoms with Crippen LogP contribution in [0.3, 0.4) is 0 Å². The fourth-order valence-corrected chi connectivity index (χ4v) is 1.33. The van der Waals surface area contributed by atoms with Gasteiger partial charge in [-0.3, -0.25) is 0 Å². The largest absolute Gasteiger partial charge is 0.406 e. The molecule has 0 saturated carbocycles. The van der Waals surface area contributed by atoms with Gasteiger partial charge in [-0.25, -0.2) is 0 Å². The lowest BCUT2D eigenvalue weighted by molar-refractivity contribution is 1.10. The third-order valence-electron chi connectivity index (χ3n) is 1.92. The third kappa shape index (κ3) is 2.08. The number of hydrogen-bond acceptors (Lipinski definition) is 1. The van der Waals surface area contributed by atoms with Crippen LogP contribution in [0, 0.1) is 6.92 Å². The van der Waals surface area contributed by atoms with Crippen molar-refractivity contribution >= 4 is 16.1 Å². The van der Waals surface area contributed by atoms with E-state index in [2.05, 4.69) is 42.7 Å². The summed E-state index contributed by atoms with van der Waals surface area (Å²) in [6.07, 6.45) is 0. The summed E-state index contributed by atoms with van der Waals surface area (Å²) < 4.78 is 2.37. The molecule has 0 bridgehead atoms. The standard InChI is InChI=1S/C9H15NSi/c1-3-10(11)9-6-4-5-8(2)7-9/h4-7H,3H2,1-2,11H3. The van der Waals surface area contributed by atoms with E-state index in [0.717, 1.165) is 16.9 Å². The maximum Gasteiger partial charge on any atom is 0.107 e. The Morgan fingerprint density at radius 3 is 2.73 bits per heavy atom. The van der Waals surface area contributed by atoms with E-state index in [9.17, 15) is 0 Å². The molecule has 0 N–H and O–H groups in total. The average Bonchev–Trinajstić information content (AvgIpc) is 2.03. The van der Waals surface area contributed by atoms with Gasteiger partial charge < -0.3 is 4.57 Å². The summed E-state index contributed by atoms with van der Waals surface area (Å²) in [5.74, 6) is 0. The van der Waals surface area contributed by atoms with Crippen LogP contribution in [0.15, 0.2) is 24.3 Å². The summed E-state index contributed by atoms with van der Waals surface area (Å²) in [4.78, 5) is 0. The van der Waals surface area contributed by atoms with E-state index in [0.29, 0.717) is 0 Å². The van der Waals surface area contributed by atoms with Gasteiger partial charge in [-0.2, -0.15) is 0 Å². The van der Waals surface area contributed by atoms with Crippen LogP contribution < -0.4 is 4.57 Å². The SMILES string of the molecule is CCN([SiH3])c1cccc(C)c1. The van der Waals surface area contributed by atoms with Crippen molar-refractivity contribution in [3.05, 3.63) is 29.8 Å². The second-order valence-corrected chi connectivity index (χ2v) is 3.93. The summed E-state index contributed by atoms with van der Waals surface area (Å²) in [6, 6.07) is 8.65. The Morgan fingerprint density at radius 2 is 2.18 bits per heavy atom. The Morgan fingerprint density at radius 1 is 1.45 bits per heavy atom. The van der Waals surface area contributed by atoms with Crippen LogP contribution in [0.2, 0.25) is 0 Å². The zero-order valence-electron chi connectivity index (χ0n) is 7.46. The summed E-state index contributed by atoms with van der Waals surface area (Å²) in [6.45, 7) is 5.44. The molecule has 1 nitrogen and oxygen atoms in total. The molecule has 0 saturated heterocycles. The van der Waals surface area contributed by atoms with Crippen LogP contribution in [0.4, 0.5) is 5.69 Å². The van der Waals surface area contributed by atoms with Crippen molar-refractivity contribution in [1.82, 2.24) is 0 Å². The van der Waals surface area contributed by atoms with Crippen molar-refractivity contribution in [2.75, 3.05) is 11.1 Å². The van der Waals surface area contributed by atoms with E-state index in [-0.39, 0.29) is 0 Å².